The summed E-state index contributed by atoms with van der Waals surface area (Å²) in [6.07, 6.45) is 3.97. The van der Waals surface area contributed by atoms with Crippen molar-refractivity contribution in [3.05, 3.63) is 72.0 Å². The predicted octanol–water partition coefficient (Wildman–Crippen LogP) is 1.73. The van der Waals surface area contributed by atoms with E-state index in [4.69, 9.17) is 0 Å². The number of nitro groups is 1. The minimum atomic E-state index is -0.918. The Hall–Kier alpha value is -2.96. The third-order valence-electron chi connectivity index (χ3n) is 3.69. The van der Waals surface area contributed by atoms with E-state index < -0.39 is 21.9 Å². The van der Waals surface area contributed by atoms with Gasteiger partial charge in [0.05, 0.1) is 4.92 Å². The lowest BCUT2D eigenvalue weighted by atomic mass is 10.1. The van der Waals surface area contributed by atoms with Gasteiger partial charge in [0.25, 0.3) is 0 Å². The Balaban J connectivity index is 2.58. The van der Waals surface area contributed by atoms with Crippen LogP contribution in [0.3, 0.4) is 0 Å². The van der Waals surface area contributed by atoms with Crippen LogP contribution in [-0.4, -0.2) is 14.1 Å². The predicted molar refractivity (Wildman–Crippen MR) is 88.3 cm³/mol. The van der Waals surface area contributed by atoms with Crippen molar-refractivity contribution in [3.8, 4) is 0 Å². The summed E-state index contributed by atoms with van der Waals surface area (Å²) in [5.41, 5.74) is -0.168. The van der Waals surface area contributed by atoms with Gasteiger partial charge in [0.1, 0.15) is 5.69 Å². The SMILES string of the molecule is CCc1ccc(C=Cc2c([N+](=O)[O-])c(=O)n(C)c(=O)n2C)cc1. The van der Waals surface area contributed by atoms with Crippen molar-refractivity contribution in [2.45, 2.75) is 13.3 Å². The van der Waals surface area contributed by atoms with E-state index in [1.165, 1.54) is 25.7 Å². The van der Waals surface area contributed by atoms with E-state index in [0.29, 0.717) is 0 Å². The molecule has 0 aliphatic heterocycles. The first-order valence-corrected chi connectivity index (χ1v) is 7.08. The largest absolute Gasteiger partial charge is 0.357 e. The molecule has 0 radical (unpaired) electrons. The first-order chi connectivity index (χ1) is 10.9. The second-order valence-corrected chi connectivity index (χ2v) is 5.13. The molecule has 0 aliphatic carbocycles. The van der Waals surface area contributed by atoms with Gasteiger partial charge in [-0.05, 0) is 23.6 Å². The fraction of sp³-hybridized carbons (Fsp3) is 0.250. The molecular formula is C16H17N3O4. The summed E-state index contributed by atoms with van der Waals surface area (Å²) in [5.74, 6) is 0. The molecule has 7 nitrogen and oxygen atoms in total. The molecule has 23 heavy (non-hydrogen) atoms. The van der Waals surface area contributed by atoms with Crippen molar-refractivity contribution in [1.29, 1.82) is 0 Å². The summed E-state index contributed by atoms with van der Waals surface area (Å²) in [5, 5.41) is 11.2. The van der Waals surface area contributed by atoms with Crippen molar-refractivity contribution in [3.63, 3.8) is 0 Å². The second-order valence-electron chi connectivity index (χ2n) is 5.13. The van der Waals surface area contributed by atoms with E-state index >= 15 is 0 Å². The molecule has 7 heteroatoms. The Labute approximate surface area is 132 Å². The van der Waals surface area contributed by atoms with Crippen molar-refractivity contribution < 1.29 is 4.92 Å². The molecule has 0 saturated carbocycles. The van der Waals surface area contributed by atoms with E-state index in [1.807, 2.05) is 31.2 Å². The van der Waals surface area contributed by atoms with Crippen molar-refractivity contribution in [1.82, 2.24) is 9.13 Å². The highest BCUT2D eigenvalue weighted by atomic mass is 16.6. The molecule has 120 valence electrons. The molecule has 0 bridgehead atoms. The lowest BCUT2D eigenvalue weighted by Gasteiger charge is -2.07. The van der Waals surface area contributed by atoms with E-state index in [9.17, 15) is 19.7 Å². The summed E-state index contributed by atoms with van der Waals surface area (Å²) in [6, 6.07) is 7.66. The Morgan fingerprint density at radius 2 is 1.70 bits per heavy atom. The van der Waals surface area contributed by atoms with Crippen LogP contribution < -0.4 is 11.2 Å². The van der Waals surface area contributed by atoms with Crippen molar-refractivity contribution >= 4 is 17.8 Å². The van der Waals surface area contributed by atoms with Crippen LogP contribution >= 0.6 is 0 Å². The molecule has 1 aromatic carbocycles. The summed E-state index contributed by atoms with van der Waals surface area (Å²) in [7, 11) is 2.61. The van der Waals surface area contributed by atoms with Crippen LogP contribution in [0.25, 0.3) is 12.2 Å². The maximum Gasteiger partial charge on any atom is 0.357 e. The third-order valence-corrected chi connectivity index (χ3v) is 3.69. The highest BCUT2D eigenvalue weighted by molar-refractivity contribution is 5.72. The summed E-state index contributed by atoms with van der Waals surface area (Å²) >= 11 is 0. The van der Waals surface area contributed by atoms with Gasteiger partial charge in [-0.3, -0.25) is 24.0 Å². The zero-order valence-electron chi connectivity index (χ0n) is 13.1. The van der Waals surface area contributed by atoms with E-state index in [-0.39, 0.29) is 5.69 Å². The molecule has 0 aliphatic rings. The number of rotatable bonds is 4. The first-order valence-electron chi connectivity index (χ1n) is 7.08. The number of hydrogen-bond donors (Lipinski definition) is 0. The van der Waals surface area contributed by atoms with Crippen LogP contribution in [-0.2, 0) is 20.5 Å². The molecule has 1 aromatic heterocycles. The maximum absolute atomic E-state index is 12.0. The maximum atomic E-state index is 12.0. The Bertz CT molecular complexity index is 889. The van der Waals surface area contributed by atoms with E-state index in [0.717, 1.165) is 21.1 Å². The Morgan fingerprint density at radius 3 is 2.22 bits per heavy atom. The quantitative estimate of drug-likeness (QED) is 0.635. The third kappa shape index (κ3) is 3.13. The van der Waals surface area contributed by atoms with E-state index in [1.54, 1.807) is 6.08 Å². The molecule has 0 fully saturated rings. The zero-order chi connectivity index (χ0) is 17.1. The minimum absolute atomic E-state index is 0.0253. The number of aryl methyl sites for hydroxylation is 1. The second kappa shape index (κ2) is 6.43. The molecule has 1 heterocycles. The topological polar surface area (TPSA) is 87.1 Å². The number of hydrogen-bond acceptors (Lipinski definition) is 4. The average molecular weight is 315 g/mol. The molecular weight excluding hydrogens is 298 g/mol. The molecule has 0 spiro atoms. The van der Waals surface area contributed by atoms with Crippen LogP contribution in [0.15, 0.2) is 33.9 Å². The van der Waals surface area contributed by atoms with Gasteiger partial charge in [-0.15, -0.1) is 0 Å². The van der Waals surface area contributed by atoms with E-state index in [2.05, 4.69) is 0 Å². The summed E-state index contributed by atoms with van der Waals surface area (Å²) in [6.45, 7) is 2.05. The van der Waals surface area contributed by atoms with Crippen LogP contribution in [0.2, 0.25) is 0 Å². The summed E-state index contributed by atoms with van der Waals surface area (Å²) in [4.78, 5) is 34.4. The number of nitrogens with zero attached hydrogens (tertiary/aromatic N) is 3. The van der Waals surface area contributed by atoms with Crippen LogP contribution in [0.4, 0.5) is 5.69 Å². The van der Waals surface area contributed by atoms with Crippen LogP contribution in [0, 0.1) is 10.1 Å². The normalized spacial score (nSPS) is 11.1. The Kier molecular flexibility index (Phi) is 4.59. The smallest absolute Gasteiger partial charge is 0.291 e. The highest BCUT2D eigenvalue weighted by Crippen LogP contribution is 2.15. The standard InChI is InChI=1S/C16H17N3O4/c1-4-11-5-7-12(8-6-11)9-10-13-14(19(22)23)15(20)18(3)16(21)17(13)2/h5-10H,4H2,1-3H3. The molecule has 2 aromatic rings. The zero-order valence-corrected chi connectivity index (χ0v) is 13.1. The van der Waals surface area contributed by atoms with Crippen molar-refractivity contribution in [2.24, 2.45) is 14.1 Å². The number of aromatic nitrogens is 2. The molecule has 0 amide bonds. The first kappa shape index (κ1) is 16.4. The fourth-order valence-corrected chi connectivity index (χ4v) is 2.24. The van der Waals surface area contributed by atoms with Gasteiger partial charge < -0.3 is 0 Å². The van der Waals surface area contributed by atoms with Gasteiger partial charge in [-0.2, -0.15) is 0 Å². The monoisotopic (exact) mass is 315 g/mol. The van der Waals surface area contributed by atoms with Gasteiger partial charge in [-0.1, -0.05) is 37.3 Å². The molecule has 0 saturated heterocycles. The molecule has 0 N–H and O–H groups in total. The van der Waals surface area contributed by atoms with Gasteiger partial charge >= 0.3 is 16.9 Å². The van der Waals surface area contributed by atoms with Crippen LogP contribution in [0.1, 0.15) is 23.7 Å². The lowest BCUT2D eigenvalue weighted by molar-refractivity contribution is -0.387. The van der Waals surface area contributed by atoms with Crippen LogP contribution in [0.5, 0.6) is 0 Å². The highest BCUT2D eigenvalue weighted by Gasteiger charge is 2.23. The van der Waals surface area contributed by atoms with Gasteiger partial charge in [-0.25, -0.2) is 4.79 Å². The number of benzene rings is 1. The Morgan fingerprint density at radius 1 is 1.09 bits per heavy atom. The van der Waals surface area contributed by atoms with Crippen molar-refractivity contribution in [2.75, 3.05) is 0 Å². The lowest BCUT2D eigenvalue weighted by Crippen LogP contribution is -2.39. The molecule has 0 atom stereocenters. The minimum Gasteiger partial charge on any atom is -0.291 e. The molecule has 0 unspecified atom stereocenters. The molecule has 2 rings (SSSR count). The fourth-order valence-electron chi connectivity index (χ4n) is 2.24. The van der Waals surface area contributed by atoms with Gasteiger partial charge in [0.2, 0.25) is 0 Å². The van der Waals surface area contributed by atoms with Gasteiger partial charge in [0, 0.05) is 14.1 Å². The average Bonchev–Trinajstić information content (AvgIpc) is 2.55. The van der Waals surface area contributed by atoms with Gasteiger partial charge in [0.15, 0.2) is 0 Å². The summed E-state index contributed by atoms with van der Waals surface area (Å²) < 4.78 is 1.82.